The fourth-order valence-electron chi connectivity index (χ4n) is 6.90. The van der Waals surface area contributed by atoms with Gasteiger partial charge in [-0.25, -0.2) is 4.90 Å². The summed E-state index contributed by atoms with van der Waals surface area (Å²) in [6, 6.07) is 11.5. The number of fused-ring (bicyclic) bond motifs is 7. The topological polar surface area (TPSA) is 104 Å². The first-order valence-electron chi connectivity index (χ1n) is 11.6. The third-order valence-electron chi connectivity index (χ3n) is 8.09. The normalized spacial score (nSPS) is 29.8. The van der Waals surface area contributed by atoms with Gasteiger partial charge in [0.15, 0.2) is 0 Å². The molecule has 0 bridgehead atoms. The molecule has 3 amide bonds. The molecular formula is C25H24N4O5. The summed E-state index contributed by atoms with van der Waals surface area (Å²) >= 11 is 0. The molecule has 0 unspecified atom stereocenters. The van der Waals surface area contributed by atoms with E-state index in [0.717, 1.165) is 24.1 Å². The number of hydrogen-bond acceptors (Lipinski definition) is 6. The lowest BCUT2D eigenvalue weighted by atomic mass is 9.75. The lowest BCUT2D eigenvalue weighted by Gasteiger charge is -2.37. The summed E-state index contributed by atoms with van der Waals surface area (Å²) in [6.45, 7) is 4.70. The van der Waals surface area contributed by atoms with Gasteiger partial charge in [0.25, 0.3) is 11.6 Å². The summed E-state index contributed by atoms with van der Waals surface area (Å²) in [5.74, 6) is -2.31. The van der Waals surface area contributed by atoms with E-state index in [9.17, 15) is 24.5 Å². The van der Waals surface area contributed by atoms with E-state index in [-0.39, 0.29) is 23.5 Å². The third kappa shape index (κ3) is 2.30. The molecule has 174 valence electrons. The number of amides is 3. The van der Waals surface area contributed by atoms with Crippen molar-refractivity contribution in [2.24, 2.45) is 11.8 Å². The monoisotopic (exact) mass is 460 g/mol. The molecule has 3 fully saturated rings. The van der Waals surface area contributed by atoms with Gasteiger partial charge < -0.3 is 4.90 Å². The number of para-hydroxylation sites is 1. The second kappa shape index (κ2) is 6.96. The number of nitro groups is 1. The summed E-state index contributed by atoms with van der Waals surface area (Å²) in [7, 11) is 0. The number of imide groups is 1. The van der Waals surface area contributed by atoms with Crippen LogP contribution >= 0.6 is 0 Å². The van der Waals surface area contributed by atoms with Gasteiger partial charge in [-0.3, -0.25) is 29.4 Å². The Morgan fingerprint density at radius 3 is 2.56 bits per heavy atom. The molecule has 0 saturated carbocycles. The zero-order chi connectivity index (χ0) is 23.9. The second-order valence-corrected chi connectivity index (χ2v) is 9.48. The van der Waals surface area contributed by atoms with Gasteiger partial charge in [-0.1, -0.05) is 18.2 Å². The molecule has 9 heteroatoms. The van der Waals surface area contributed by atoms with Crippen LogP contribution in [0.3, 0.4) is 0 Å². The Kier molecular flexibility index (Phi) is 4.29. The highest BCUT2D eigenvalue weighted by Crippen LogP contribution is 2.61. The molecule has 4 heterocycles. The maximum Gasteiger partial charge on any atom is 0.269 e. The Labute approximate surface area is 196 Å². The van der Waals surface area contributed by atoms with E-state index >= 15 is 0 Å². The van der Waals surface area contributed by atoms with Crippen LogP contribution in [0.4, 0.5) is 17.1 Å². The highest BCUT2D eigenvalue weighted by molar-refractivity contribution is 6.26. The first kappa shape index (κ1) is 21.0. The van der Waals surface area contributed by atoms with Gasteiger partial charge in [-0.05, 0) is 50.9 Å². The summed E-state index contributed by atoms with van der Waals surface area (Å²) < 4.78 is 0. The Morgan fingerprint density at radius 2 is 1.85 bits per heavy atom. The van der Waals surface area contributed by atoms with Crippen molar-refractivity contribution in [1.82, 2.24) is 4.90 Å². The second-order valence-electron chi connectivity index (χ2n) is 9.48. The molecule has 0 radical (unpaired) electrons. The maximum atomic E-state index is 14.1. The van der Waals surface area contributed by atoms with Gasteiger partial charge in [0.2, 0.25) is 11.8 Å². The van der Waals surface area contributed by atoms with E-state index in [1.165, 1.54) is 23.1 Å². The van der Waals surface area contributed by atoms with Crippen molar-refractivity contribution < 1.29 is 19.3 Å². The number of benzene rings is 2. The predicted molar refractivity (Wildman–Crippen MR) is 123 cm³/mol. The minimum atomic E-state index is -1.20. The quantitative estimate of drug-likeness (QED) is 0.396. The highest BCUT2D eigenvalue weighted by atomic mass is 16.6. The molecule has 0 N–H and O–H groups in total. The van der Waals surface area contributed by atoms with Crippen LogP contribution < -0.4 is 9.80 Å². The van der Waals surface area contributed by atoms with Gasteiger partial charge in [0.05, 0.1) is 22.4 Å². The molecule has 6 rings (SSSR count). The van der Waals surface area contributed by atoms with Crippen molar-refractivity contribution in [3.8, 4) is 0 Å². The number of carbonyl (C=O) groups is 3. The van der Waals surface area contributed by atoms with Gasteiger partial charge in [0.1, 0.15) is 5.54 Å². The van der Waals surface area contributed by atoms with E-state index < -0.39 is 28.2 Å². The Balaban J connectivity index is 1.54. The van der Waals surface area contributed by atoms with Crippen LogP contribution in [-0.4, -0.2) is 46.7 Å². The highest BCUT2D eigenvalue weighted by Gasteiger charge is 2.75. The molecule has 0 aromatic heterocycles. The van der Waals surface area contributed by atoms with Crippen LogP contribution in [0.5, 0.6) is 0 Å². The van der Waals surface area contributed by atoms with E-state index in [1.807, 2.05) is 31.2 Å². The van der Waals surface area contributed by atoms with Crippen molar-refractivity contribution in [2.75, 3.05) is 22.9 Å². The lowest BCUT2D eigenvalue weighted by molar-refractivity contribution is -0.384. The van der Waals surface area contributed by atoms with E-state index in [2.05, 4.69) is 4.90 Å². The van der Waals surface area contributed by atoms with Crippen LogP contribution in [0.15, 0.2) is 42.5 Å². The summed E-state index contributed by atoms with van der Waals surface area (Å²) in [5.41, 5.74) is 1.12. The van der Waals surface area contributed by atoms with E-state index in [1.54, 1.807) is 11.8 Å². The first-order valence-corrected chi connectivity index (χ1v) is 11.6. The van der Waals surface area contributed by atoms with Crippen LogP contribution in [0.2, 0.25) is 0 Å². The summed E-state index contributed by atoms with van der Waals surface area (Å²) in [6.07, 6.45) is 1.60. The van der Waals surface area contributed by atoms with Crippen LogP contribution in [0.1, 0.15) is 30.9 Å². The third-order valence-corrected chi connectivity index (χ3v) is 8.09. The fraction of sp³-hybridized carbons (Fsp3) is 0.400. The molecule has 2 aromatic rings. The fourth-order valence-corrected chi connectivity index (χ4v) is 6.90. The van der Waals surface area contributed by atoms with Crippen molar-refractivity contribution in [2.45, 2.75) is 38.3 Å². The number of nitrogens with zero attached hydrogens (tertiary/aromatic N) is 4. The number of likely N-dealkylation sites (N-methyl/N-ethyl adjacent to an activating group) is 1. The van der Waals surface area contributed by atoms with Gasteiger partial charge >= 0.3 is 0 Å². The molecule has 1 spiro atoms. The number of rotatable bonds is 3. The Bertz CT molecular complexity index is 1290. The SMILES string of the molecule is CCN1C(=O)[C@@]2(c3ccccc31)[C@@H]1C(=O)N(c3ccc([N+](=O)[O-])cc3C)C(=O)[C@@H]1[C@@H]1CCCN12. The smallest absolute Gasteiger partial charge is 0.269 e. The van der Waals surface area contributed by atoms with Gasteiger partial charge in [-0.15, -0.1) is 0 Å². The molecule has 4 atom stereocenters. The summed E-state index contributed by atoms with van der Waals surface area (Å²) in [5, 5.41) is 11.2. The average Bonchev–Trinajstić information content (AvgIpc) is 3.52. The molecule has 9 nitrogen and oxygen atoms in total. The van der Waals surface area contributed by atoms with Crippen molar-refractivity contribution in [3.63, 3.8) is 0 Å². The zero-order valence-electron chi connectivity index (χ0n) is 18.9. The molecular weight excluding hydrogens is 436 g/mol. The molecule has 4 aliphatic rings. The van der Waals surface area contributed by atoms with Crippen LogP contribution in [0, 0.1) is 28.9 Å². The minimum absolute atomic E-state index is 0.0996. The van der Waals surface area contributed by atoms with Crippen LogP contribution in [-0.2, 0) is 19.9 Å². The maximum absolute atomic E-state index is 14.1. The molecule has 2 aromatic carbocycles. The van der Waals surface area contributed by atoms with Crippen LogP contribution in [0.25, 0.3) is 0 Å². The first-order chi connectivity index (χ1) is 16.3. The van der Waals surface area contributed by atoms with Gasteiger partial charge in [0, 0.05) is 36.0 Å². The largest absolute Gasteiger partial charge is 0.310 e. The standard InChI is InChI=1S/C25H24N4O5/c1-3-26-18-8-5-4-7-16(18)25(24(26)32)21-20(19-9-6-12-27(19)25)22(30)28(23(21)31)17-11-10-15(29(33)34)13-14(17)2/h4-5,7-8,10-11,13,19-21H,3,6,9,12H2,1-2H3/t19-,20+,21-,25+/m0/s1. The molecule has 34 heavy (non-hydrogen) atoms. The minimum Gasteiger partial charge on any atom is -0.310 e. The number of anilines is 2. The Hall–Kier alpha value is -3.59. The van der Waals surface area contributed by atoms with E-state index in [4.69, 9.17) is 0 Å². The number of carbonyl (C=O) groups excluding carboxylic acids is 3. The number of nitro benzene ring substituents is 1. The number of hydrogen-bond donors (Lipinski definition) is 0. The molecule has 3 saturated heterocycles. The predicted octanol–water partition coefficient (Wildman–Crippen LogP) is 2.75. The summed E-state index contributed by atoms with van der Waals surface area (Å²) in [4.78, 5) is 57.8. The van der Waals surface area contributed by atoms with Crippen molar-refractivity contribution >= 4 is 34.8 Å². The Morgan fingerprint density at radius 1 is 1.09 bits per heavy atom. The zero-order valence-corrected chi connectivity index (χ0v) is 18.9. The van der Waals surface area contributed by atoms with Gasteiger partial charge in [-0.2, -0.15) is 0 Å². The number of non-ortho nitro benzene ring substituents is 1. The molecule has 4 aliphatic heterocycles. The lowest BCUT2D eigenvalue weighted by Crippen LogP contribution is -2.56. The van der Waals surface area contributed by atoms with Crippen molar-refractivity contribution in [3.05, 3.63) is 63.7 Å². The number of aryl methyl sites for hydroxylation is 1. The molecule has 0 aliphatic carbocycles. The van der Waals surface area contributed by atoms with E-state index in [0.29, 0.717) is 24.3 Å². The average molecular weight is 460 g/mol. The van der Waals surface area contributed by atoms with Crippen molar-refractivity contribution in [1.29, 1.82) is 0 Å².